The Balaban J connectivity index is 1.44. The summed E-state index contributed by atoms with van der Waals surface area (Å²) in [5.41, 5.74) is 1.49. The van der Waals surface area contributed by atoms with Gasteiger partial charge in [0.25, 0.3) is 5.91 Å². The molecule has 28 heavy (non-hydrogen) atoms. The number of benzene rings is 2. The van der Waals surface area contributed by atoms with Crippen LogP contribution in [0.3, 0.4) is 0 Å². The second kappa shape index (κ2) is 9.61. The highest BCUT2D eigenvalue weighted by Crippen LogP contribution is 2.20. The number of nitrogens with one attached hydrogen (secondary N) is 1. The molecule has 0 aliphatic carbocycles. The van der Waals surface area contributed by atoms with Crippen molar-refractivity contribution < 1.29 is 9.59 Å². The Labute approximate surface area is 179 Å². The van der Waals surface area contributed by atoms with Crippen LogP contribution in [0.25, 0.3) is 0 Å². The van der Waals surface area contributed by atoms with E-state index in [1.54, 1.807) is 17.0 Å². The van der Waals surface area contributed by atoms with Crippen LogP contribution in [0.2, 0.25) is 15.1 Å². The van der Waals surface area contributed by atoms with Crippen LogP contribution in [0.1, 0.15) is 15.9 Å². The second-order valence-electron chi connectivity index (χ2n) is 6.59. The number of hydrogen-bond acceptors (Lipinski definition) is 3. The lowest BCUT2D eigenvalue weighted by molar-refractivity contribution is -0.131. The first kappa shape index (κ1) is 20.9. The molecule has 2 aromatic rings. The lowest BCUT2D eigenvalue weighted by Gasteiger charge is -2.34. The van der Waals surface area contributed by atoms with Gasteiger partial charge in [-0.25, -0.2) is 0 Å². The predicted octanol–water partition coefficient (Wildman–Crippen LogP) is 3.72. The maximum atomic E-state index is 12.4. The summed E-state index contributed by atoms with van der Waals surface area (Å²) in [5.74, 6) is -0.499. The molecule has 1 aliphatic rings. The van der Waals surface area contributed by atoms with Crippen molar-refractivity contribution in [3.8, 4) is 0 Å². The largest absolute Gasteiger partial charge is 0.343 e. The van der Waals surface area contributed by atoms with Crippen molar-refractivity contribution in [3.05, 3.63) is 68.7 Å². The van der Waals surface area contributed by atoms with Gasteiger partial charge in [-0.2, -0.15) is 0 Å². The number of hydrogen-bond donors (Lipinski definition) is 1. The monoisotopic (exact) mass is 439 g/mol. The fourth-order valence-electron chi connectivity index (χ4n) is 3.04. The van der Waals surface area contributed by atoms with E-state index in [0.717, 1.165) is 24.7 Å². The molecule has 2 aromatic carbocycles. The normalized spacial score (nSPS) is 14.8. The van der Waals surface area contributed by atoms with E-state index in [2.05, 4.69) is 10.2 Å². The minimum absolute atomic E-state index is 0.0605. The van der Waals surface area contributed by atoms with Gasteiger partial charge in [0.05, 0.1) is 17.1 Å². The maximum absolute atomic E-state index is 12.4. The van der Waals surface area contributed by atoms with Gasteiger partial charge in [0.2, 0.25) is 5.91 Å². The van der Waals surface area contributed by atoms with Crippen molar-refractivity contribution in [2.45, 2.75) is 6.54 Å². The molecule has 0 spiro atoms. The van der Waals surface area contributed by atoms with Gasteiger partial charge in [-0.05, 0) is 35.9 Å². The molecule has 5 nitrogen and oxygen atoms in total. The van der Waals surface area contributed by atoms with Gasteiger partial charge in [0.15, 0.2) is 0 Å². The van der Waals surface area contributed by atoms with Crippen LogP contribution in [-0.4, -0.2) is 54.3 Å². The summed E-state index contributed by atoms with van der Waals surface area (Å²) in [7, 11) is 0. The van der Waals surface area contributed by atoms with Gasteiger partial charge in [-0.15, -0.1) is 0 Å². The summed E-state index contributed by atoms with van der Waals surface area (Å²) in [4.78, 5) is 28.7. The summed E-state index contributed by atoms with van der Waals surface area (Å²) in [6.07, 6.45) is 0. The number of nitrogens with zero attached hydrogens (tertiary/aromatic N) is 2. The standard InChI is InChI=1S/C20H20Cl3N3O2/c21-15-3-1-14(2-4-15)13-25-7-9-26(10-8-25)19(27)12-24-20(28)17-6-5-16(22)11-18(17)23/h1-6,11H,7-10,12-13H2,(H,24,28). The lowest BCUT2D eigenvalue weighted by Crippen LogP contribution is -2.50. The third-order valence-corrected chi connectivity index (χ3v) is 5.42. The Hall–Kier alpha value is -1.79. The molecule has 0 radical (unpaired) electrons. The van der Waals surface area contributed by atoms with E-state index in [-0.39, 0.29) is 17.5 Å². The van der Waals surface area contributed by atoms with Crippen LogP contribution in [0.5, 0.6) is 0 Å². The lowest BCUT2D eigenvalue weighted by atomic mass is 10.2. The van der Waals surface area contributed by atoms with Crippen molar-refractivity contribution in [1.82, 2.24) is 15.1 Å². The van der Waals surface area contributed by atoms with Gasteiger partial charge < -0.3 is 10.2 Å². The molecule has 0 unspecified atom stereocenters. The Kier molecular flexibility index (Phi) is 7.18. The van der Waals surface area contributed by atoms with Gasteiger partial charge in [-0.3, -0.25) is 14.5 Å². The molecule has 1 saturated heterocycles. The van der Waals surface area contributed by atoms with E-state index in [4.69, 9.17) is 34.8 Å². The van der Waals surface area contributed by atoms with Crippen LogP contribution in [-0.2, 0) is 11.3 Å². The van der Waals surface area contributed by atoms with E-state index in [0.29, 0.717) is 23.7 Å². The summed E-state index contributed by atoms with van der Waals surface area (Å²) in [5, 5.41) is 4.06. The molecule has 0 aromatic heterocycles. The number of carbonyl (C=O) groups excluding carboxylic acids is 2. The third-order valence-electron chi connectivity index (χ3n) is 4.62. The minimum Gasteiger partial charge on any atom is -0.343 e. The Morgan fingerprint density at radius 3 is 2.18 bits per heavy atom. The molecule has 0 bridgehead atoms. The molecule has 0 atom stereocenters. The van der Waals surface area contributed by atoms with Crippen molar-refractivity contribution in [2.75, 3.05) is 32.7 Å². The van der Waals surface area contributed by atoms with Gasteiger partial charge in [0.1, 0.15) is 0 Å². The summed E-state index contributed by atoms with van der Waals surface area (Å²) >= 11 is 17.8. The molecule has 1 fully saturated rings. The zero-order chi connectivity index (χ0) is 20.1. The highest BCUT2D eigenvalue weighted by Gasteiger charge is 2.22. The van der Waals surface area contributed by atoms with E-state index in [1.165, 1.54) is 11.6 Å². The highest BCUT2D eigenvalue weighted by molar-refractivity contribution is 6.36. The number of piperazine rings is 1. The van der Waals surface area contributed by atoms with Crippen LogP contribution < -0.4 is 5.32 Å². The Morgan fingerprint density at radius 2 is 1.54 bits per heavy atom. The molecule has 0 saturated carbocycles. The Morgan fingerprint density at radius 1 is 0.893 bits per heavy atom. The van der Waals surface area contributed by atoms with Crippen LogP contribution in [0, 0.1) is 0 Å². The zero-order valence-corrected chi connectivity index (χ0v) is 17.4. The quantitative estimate of drug-likeness (QED) is 0.771. The number of rotatable bonds is 5. The molecule has 1 N–H and O–H groups in total. The van der Waals surface area contributed by atoms with Crippen LogP contribution in [0.15, 0.2) is 42.5 Å². The molecule has 2 amide bonds. The third kappa shape index (κ3) is 5.61. The SMILES string of the molecule is O=C(NCC(=O)N1CCN(Cc2ccc(Cl)cc2)CC1)c1ccc(Cl)cc1Cl. The summed E-state index contributed by atoms with van der Waals surface area (Å²) < 4.78 is 0. The highest BCUT2D eigenvalue weighted by atomic mass is 35.5. The first-order valence-electron chi connectivity index (χ1n) is 8.90. The summed E-state index contributed by atoms with van der Waals surface area (Å²) in [6.45, 7) is 3.59. The molecular formula is C20H20Cl3N3O2. The van der Waals surface area contributed by atoms with Crippen molar-refractivity contribution in [3.63, 3.8) is 0 Å². The van der Waals surface area contributed by atoms with Crippen LogP contribution in [0.4, 0.5) is 0 Å². The zero-order valence-electron chi connectivity index (χ0n) is 15.1. The second-order valence-corrected chi connectivity index (χ2v) is 7.87. The predicted molar refractivity (Wildman–Crippen MR) is 112 cm³/mol. The molecule has 3 rings (SSSR count). The van der Waals surface area contributed by atoms with Gasteiger partial charge in [-0.1, -0.05) is 46.9 Å². The average Bonchev–Trinajstić information content (AvgIpc) is 2.68. The van der Waals surface area contributed by atoms with Gasteiger partial charge >= 0.3 is 0 Å². The van der Waals surface area contributed by atoms with E-state index in [9.17, 15) is 9.59 Å². The fraction of sp³-hybridized carbons (Fsp3) is 0.300. The number of amides is 2. The van der Waals surface area contributed by atoms with Crippen LogP contribution >= 0.6 is 34.8 Å². The minimum atomic E-state index is -0.392. The first-order valence-corrected chi connectivity index (χ1v) is 10.0. The molecule has 1 heterocycles. The number of halogens is 3. The smallest absolute Gasteiger partial charge is 0.253 e. The van der Waals surface area contributed by atoms with Gasteiger partial charge in [0, 0.05) is 42.8 Å². The Bertz CT molecular complexity index is 850. The van der Waals surface area contributed by atoms with E-state index in [1.807, 2.05) is 24.3 Å². The van der Waals surface area contributed by atoms with E-state index >= 15 is 0 Å². The van der Waals surface area contributed by atoms with Crippen molar-refractivity contribution in [2.24, 2.45) is 0 Å². The van der Waals surface area contributed by atoms with E-state index < -0.39 is 5.91 Å². The molecule has 8 heteroatoms. The molecule has 1 aliphatic heterocycles. The topological polar surface area (TPSA) is 52.7 Å². The summed E-state index contributed by atoms with van der Waals surface area (Å²) in [6, 6.07) is 12.4. The van der Waals surface area contributed by atoms with Crippen molar-refractivity contribution in [1.29, 1.82) is 0 Å². The first-order chi connectivity index (χ1) is 13.4. The fourth-order valence-corrected chi connectivity index (χ4v) is 3.66. The molecular weight excluding hydrogens is 421 g/mol. The number of carbonyl (C=O) groups is 2. The maximum Gasteiger partial charge on any atom is 0.253 e. The average molecular weight is 441 g/mol. The van der Waals surface area contributed by atoms with Crippen molar-refractivity contribution >= 4 is 46.6 Å². The molecule has 148 valence electrons.